The van der Waals surface area contributed by atoms with E-state index in [1.165, 1.54) is 6.08 Å². The van der Waals surface area contributed by atoms with Crippen LogP contribution in [0.3, 0.4) is 0 Å². The molecule has 2 amide bonds. The Bertz CT molecular complexity index is 1510. The van der Waals surface area contributed by atoms with Crippen molar-refractivity contribution in [2.24, 2.45) is 17.8 Å². The van der Waals surface area contributed by atoms with E-state index in [4.69, 9.17) is 0 Å². The number of rotatable bonds is 12. The summed E-state index contributed by atoms with van der Waals surface area (Å²) in [6.45, 7) is 13.4. The quantitative estimate of drug-likeness (QED) is 0.154. The van der Waals surface area contributed by atoms with Gasteiger partial charge in [0.2, 0.25) is 5.91 Å². The van der Waals surface area contributed by atoms with Crippen molar-refractivity contribution in [2.45, 2.75) is 77.6 Å². The second kappa shape index (κ2) is 13.3. The average molecular weight is 622 g/mol. The van der Waals surface area contributed by atoms with Crippen LogP contribution >= 0.6 is 12.6 Å². The van der Waals surface area contributed by atoms with Crippen LogP contribution < -0.4 is 21.1 Å². The Morgan fingerprint density at radius 3 is 2.45 bits per heavy atom. The number of aromatic amines is 1. The van der Waals surface area contributed by atoms with Crippen molar-refractivity contribution in [3.05, 3.63) is 75.4 Å². The topological polar surface area (TPSA) is 163 Å². The molecule has 0 bridgehead atoms. The van der Waals surface area contributed by atoms with Gasteiger partial charge >= 0.3 is 5.97 Å². The normalized spacial score (nSPS) is 26.9. The number of amides is 2. The van der Waals surface area contributed by atoms with Gasteiger partial charge in [-0.05, 0) is 54.7 Å². The minimum absolute atomic E-state index is 0.0102. The van der Waals surface area contributed by atoms with Crippen LogP contribution in [0.15, 0.2) is 52.9 Å². The van der Waals surface area contributed by atoms with Crippen molar-refractivity contribution in [3.8, 4) is 0 Å². The molecule has 0 radical (unpaired) electrons. The fourth-order valence-electron chi connectivity index (χ4n) is 6.71. The number of aliphatic carboxylic acids is 2. The fraction of sp³-hybridized carbons (Fsp3) is 0.455. The Hall–Kier alpha value is -3.99. The predicted molar refractivity (Wildman–Crippen MR) is 169 cm³/mol. The number of carboxylic acids is 2. The van der Waals surface area contributed by atoms with E-state index < -0.39 is 11.9 Å². The number of H-pyrrole nitrogens is 1. The lowest BCUT2D eigenvalue weighted by Crippen LogP contribution is -2.32. The van der Waals surface area contributed by atoms with Gasteiger partial charge in [-0.2, -0.15) is 12.6 Å². The molecule has 3 aliphatic rings. The predicted octanol–water partition coefficient (Wildman–Crippen LogP) is 2.48. The lowest BCUT2D eigenvalue weighted by atomic mass is 9.87. The van der Waals surface area contributed by atoms with Gasteiger partial charge in [0.05, 0.1) is 18.1 Å². The molecule has 44 heavy (non-hydrogen) atoms. The highest BCUT2D eigenvalue weighted by Crippen LogP contribution is 2.37. The van der Waals surface area contributed by atoms with Gasteiger partial charge in [0.25, 0.3) is 5.91 Å². The minimum Gasteiger partial charge on any atom is -0.545 e. The largest absolute Gasteiger partial charge is 0.545 e. The third kappa shape index (κ3) is 6.72. The Morgan fingerprint density at radius 1 is 1.16 bits per heavy atom. The second-order valence-electron chi connectivity index (χ2n) is 12.0. The monoisotopic (exact) mass is 621 g/mol. The van der Waals surface area contributed by atoms with Gasteiger partial charge < -0.3 is 35.9 Å². The third-order valence-electron chi connectivity index (χ3n) is 9.24. The molecule has 6 atom stereocenters. The smallest absolute Gasteiger partial charge is 0.303 e. The summed E-state index contributed by atoms with van der Waals surface area (Å²) in [5, 5.41) is 30.4. The van der Waals surface area contributed by atoms with E-state index in [0.29, 0.717) is 30.4 Å². The molecule has 1 fully saturated rings. The number of aromatic nitrogens is 1. The SMILES string of the molecule is C=CC1=C(C)[C@@H](Cc2[nH]c(CC3=C(CCC(=O)O)C(C)/C(=C\[C@@H]4NC(=O)[C@H](C)[C@H]4[C@H](C)S)N3)c(/C=C/C(=O)[O-])c2C)NC1=O. The van der Waals surface area contributed by atoms with Crippen molar-refractivity contribution >= 4 is 42.5 Å². The maximum absolute atomic E-state index is 12.5. The highest BCUT2D eigenvalue weighted by atomic mass is 32.1. The van der Waals surface area contributed by atoms with E-state index >= 15 is 0 Å². The lowest BCUT2D eigenvalue weighted by molar-refractivity contribution is -0.297. The van der Waals surface area contributed by atoms with E-state index in [1.807, 2.05) is 40.7 Å². The van der Waals surface area contributed by atoms with E-state index in [9.17, 15) is 29.4 Å². The molecule has 0 saturated carbocycles. The Kier molecular flexibility index (Phi) is 9.98. The first-order chi connectivity index (χ1) is 20.7. The standard InChI is InChI=1S/C33H42N4O6S/c1-7-20-15(2)25(36-33(20)43)12-23-16(3)21(8-10-29(38)39)26(34-23)14-27-22(9-11-30(40)41)17(4)24(35-27)13-28-31(19(6)44)18(5)32(42)37-28/h7-8,10,13,17-19,25,28,31,34-35,44H,1,9,11-12,14H2,2-6H3,(H,36,43)(H,37,42)(H,38,39)(H,40,41)/p-1/b10-8+,24-13+/t17?,18-,19+,25-,28+,31+/m1/s1. The first-order valence-corrected chi connectivity index (χ1v) is 15.4. The third-order valence-corrected chi connectivity index (χ3v) is 9.59. The molecule has 0 aromatic carbocycles. The van der Waals surface area contributed by atoms with Crippen LogP contribution in [0.25, 0.3) is 6.08 Å². The van der Waals surface area contributed by atoms with Crippen LogP contribution in [0.2, 0.25) is 0 Å². The van der Waals surface area contributed by atoms with Gasteiger partial charge in [-0.15, -0.1) is 0 Å². The molecular formula is C33H41N4O6S-. The molecular weight excluding hydrogens is 580 g/mol. The first-order valence-electron chi connectivity index (χ1n) is 14.9. The summed E-state index contributed by atoms with van der Waals surface area (Å²) in [7, 11) is 0. The summed E-state index contributed by atoms with van der Waals surface area (Å²) >= 11 is 4.64. The number of nitrogens with one attached hydrogen (secondary N) is 4. The maximum atomic E-state index is 12.5. The summed E-state index contributed by atoms with van der Waals surface area (Å²) < 4.78 is 0. The van der Waals surface area contributed by atoms with E-state index in [0.717, 1.165) is 45.6 Å². The highest BCUT2D eigenvalue weighted by Gasteiger charge is 2.41. The first kappa shape index (κ1) is 32.9. The number of carboxylic acid groups (broad SMARTS) is 2. The van der Waals surface area contributed by atoms with Crippen LogP contribution in [0, 0.1) is 24.7 Å². The second-order valence-corrected chi connectivity index (χ2v) is 12.8. The summed E-state index contributed by atoms with van der Waals surface area (Å²) in [5.41, 5.74) is 7.20. The van der Waals surface area contributed by atoms with Crippen molar-refractivity contribution in [2.75, 3.05) is 0 Å². The van der Waals surface area contributed by atoms with E-state index in [2.05, 4.69) is 40.1 Å². The van der Waals surface area contributed by atoms with Crippen molar-refractivity contribution in [3.63, 3.8) is 0 Å². The zero-order valence-electron chi connectivity index (χ0n) is 25.7. The molecule has 3 aliphatic heterocycles. The molecule has 11 heteroatoms. The molecule has 4 rings (SSSR count). The molecule has 236 valence electrons. The Morgan fingerprint density at radius 2 is 1.86 bits per heavy atom. The van der Waals surface area contributed by atoms with Gasteiger partial charge in [0.15, 0.2) is 0 Å². The van der Waals surface area contributed by atoms with Gasteiger partial charge in [0.1, 0.15) is 0 Å². The summed E-state index contributed by atoms with van der Waals surface area (Å²) in [4.78, 5) is 51.3. The lowest BCUT2D eigenvalue weighted by Gasteiger charge is -2.23. The van der Waals surface area contributed by atoms with Gasteiger partial charge in [0, 0.05) is 70.6 Å². The Labute approximate surface area is 263 Å². The maximum Gasteiger partial charge on any atom is 0.303 e. The molecule has 1 aromatic rings. The molecule has 5 N–H and O–H groups in total. The minimum atomic E-state index is -1.32. The van der Waals surface area contributed by atoms with Crippen LogP contribution in [0.5, 0.6) is 0 Å². The zero-order valence-corrected chi connectivity index (χ0v) is 26.6. The van der Waals surface area contributed by atoms with Crippen molar-refractivity contribution in [1.29, 1.82) is 0 Å². The van der Waals surface area contributed by atoms with Crippen LogP contribution in [-0.2, 0) is 32.0 Å². The molecule has 1 unspecified atom stereocenters. The fourth-order valence-corrected chi connectivity index (χ4v) is 7.15. The Balaban J connectivity index is 1.70. The summed E-state index contributed by atoms with van der Waals surface area (Å²) in [6.07, 6.45) is 7.17. The van der Waals surface area contributed by atoms with Gasteiger partial charge in [-0.25, -0.2) is 0 Å². The van der Waals surface area contributed by atoms with Crippen LogP contribution in [0.1, 0.15) is 63.1 Å². The number of thiol groups is 1. The molecule has 0 spiro atoms. The summed E-state index contributed by atoms with van der Waals surface area (Å²) in [6, 6.07) is -0.469. The molecule has 10 nitrogen and oxygen atoms in total. The van der Waals surface area contributed by atoms with E-state index in [1.54, 1.807) is 6.08 Å². The number of carbonyl (C=O) groups is 4. The molecule has 1 saturated heterocycles. The van der Waals surface area contributed by atoms with E-state index in [-0.39, 0.29) is 53.3 Å². The van der Waals surface area contributed by atoms with Gasteiger partial charge in [-0.1, -0.05) is 39.5 Å². The number of hydrogen-bond acceptors (Lipinski definition) is 7. The van der Waals surface area contributed by atoms with Crippen LogP contribution in [-0.4, -0.2) is 51.2 Å². The van der Waals surface area contributed by atoms with Crippen molar-refractivity contribution in [1.82, 2.24) is 20.9 Å². The van der Waals surface area contributed by atoms with Crippen LogP contribution in [0.4, 0.5) is 0 Å². The molecule has 0 aliphatic carbocycles. The molecule has 1 aromatic heterocycles. The average Bonchev–Trinajstić information content (AvgIpc) is 3.59. The van der Waals surface area contributed by atoms with Gasteiger partial charge in [-0.3, -0.25) is 14.4 Å². The van der Waals surface area contributed by atoms with Crippen molar-refractivity contribution < 1.29 is 29.4 Å². The molecule has 4 heterocycles. The number of hydrogen-bond donors (Lipinski definition) is 6. The number of allylic oxidation sites excluding steroid dienone is 2. The highest BCUT2D eigenvalue weighted by molar-refractivity contribution is 7.80. The number of carbonyl (C=O) groups excluding carboxylic acids is 3. The zero-order chi connectivity index (χ0) is 32.5. The summed E-state index contributed by atoms with van der Waals surface area (Å²) in [5.74, 6) is -2.75.